The second-order valence-electron chi connectivity index (χ2n) is 6.16. The predicted molar refractivity (Wildman–Crippen MR) is 98.9 cm³/mol. The molecular weight excluding hydrogens is 387 g/mol. The summed E-state index contributed by atoms with van der Waals surface area (Å²) in [6.07, 6.45) is 27.1. The van der Waals surface area contributed by atoms with Crippen molar-refractivity contribution in [3.8, 4) is 5.75 Å². The Morgan fingerprint density at radius 1 is 0.565 bits per heavy atom. The molecule has 3 aliphatic carbocycles. The van der Waals surface area contributed by atoms with E-state index in [-0.39, 0.29) is 0 Å². The van der Waals surface area contributed by atoms with Gasteiger partial charge in [0.2, 0.25) is 0 Å². The average Bonchev–Trinajstić information content (AvgIpc) is 3.38. The van der Waals surface area contributed by atoms with Crippen molar-refractivity contribution in [3.63, 3.8) is 0 Å². The molecule has 0 spiro atoms. The summed E-state index contributed by atoms with van der Waals surface area (Å²) in [6, 6.07) is 10.4. The molecule has 114 valence electrons. The molecule has 3 aliphatic rings. The molecule has 0 heterocycles. The van der Waals surface area contributed by atoms with E-state index < -0.39 is 18.8 Å². The number of hydrogen-bond acceptors (Lipinski definition) is 1. The van der Waals surface area contributed by atoms with Crippen LogP contribution < -0.4 is 3.07 Å². The van der Waals surface area contributed by atoms with Crippen molar-refractivity contribution >= 4 is 18.8 Å². The van der Waals surface area contributed by atoms with Gasteiger partial charge in [-0.2, -0.15) is 0 Å². The third-order valence-electron chi connectivity index (χ3n) is 4.84. The Kier molecular flexibility index (Phi) is 4.13. The van der Waals surface area contributed by atoms with Crippen LogP contribution in [0.15, 0.2) is 103 Å². The fourth-order valence-corrected chi connectivity index (χ4v) is 17.3. The van der Waals surface area contributed by atoms with Crippen LogP contribution in [-0.2, 0) is 0 Å². The second kappa shape index (κ2) is 6.40. The van der Waals surface area contributed by atoms with Gasteiger partial charge in [0.05, 0.1) is 0 Å². The van der Waals surface area contributed by atoms with Gasteiger partial charge in [-0.25, -0.2) is 0 Å². The Morgan fingerprint density at radius 2 is 0.957 bits per heavy atom. The van der Waals surface area contributed by atoms with Gasteiger partial charge in [0.1, 0.15) is 0 Å². The number of hydrogen-bond donors (Lipinski definition) is 0. The zero-order valence-corrected chi connectivity index (χ0v) is 15.8. The maximum atomic E-state index is 6.96. The molecule has 0 radical (unpaired) electrons. The molecule has 1 nitrogen and oxygen atoms in total. The molecule has 2 heteroatoms. The summed E-state index contributed by atoms with van der Waals surface area (Å²) in [5.74, 6) is 1.01. The summed E-state index contributed by atoms with van der Waals surface area (Å²) in [6.45, 7) is 0. The fourth-order valence-electron chi connectivity index (χ4n) is 3.76. The molecule has 0 atom stereocenters. The molecule has 0 aromatic heterocycles. The average molecular weight is 407 g/mol. The quantitative estimate of drug-likeness (QED) is 0.586. The van der Waals surface area contributed by atoms with Gasteiger partial charge in [0, 0.05) is 0 Å². The first-order valence-corrected chi connectivity index (χ1v) is 14.3. The minimum atomic E-state index is -3.22. The maximum absolute atomic E-state index is 6.96. The van der Waals surface area contributed by atoms with Gasteiger partial charge in [0.15, 0.2) is 0 Å². The van der Waals surface area contributed by atoms with Crippen LogP contribution >= 0.6 is 0 Å². The first-order valence-electron chi connectivity index (χ1n) is 8.18. The summed E-state index contributed by atoms with van der Waals surface area (Å²) in [5, 5.41) is 0. The van der Waals surface area contributed by atoms with Crippen molar-refractivity contribution < 1.29 is 3.07 Å². The molecule has 4 rings (SSSR count). The second-order valence-corrected chi connectivity index (χ2v) is 17.3. The van der Waals surface area contributed by atoms with Gasteiger partial charge in [-0.05, 0) is 0 Å². The van der Waals surface area contributed by atoms with E-state index in [4.69, 9.17) is 3.07 Å². The normalized spacial score (nSPS) is 20.3. The number of allylic oxidation sites excluding steroid dienone is 12. The van der Waals surface area contributed by atoms with Gasteiger partial charge in [-0.1, -0.05) is 0 Å². The van der Waals surface area contributed by atoms with E-state index in [1.165, 1.54) is 0 Å². The van der Waals surface area contributed by atoms with Gasteiger partial charge >= 0.3 is 143 Å². The van der Waals surface area contributed by atoms with Crippen LogP contribution in [0.3, 0.4) is 0 Å². The molecule has 1 aromatic carbocycles. The van der Waals surface area contributed by atoms with E-state index in [2.05, 4.69) is 97.2 Å². The molecule has 0 fully saturated rings. The van der Waals surface area contributed by atoms with Gasteiger partial charge < -0.3 is 0 Å². The van der Waals surface area contributed by atoms with Crippen molar-refractivity contribution in [2.45, 2.75) is 11.8 Å². The molecule has 1 aromatic rings. The van der Waals surface area contributed by atoms with Gasteiger partial charge in [-0.3, -0.25) is 0 Å². The molecule has 0 unspecified atom stereocenters. The molecular formula is C21H20OSn. The molecule has 0 N–H and O–H groups in total. The Hall–Kier alpha value is -1.74. The molecule has 0 saturated heterocycles. The van der Waals surface area contributed by atoms with E-state index in [1.54, 1.807) is 0 Å². The van der Waals surface area contributed by atoms with E-state index in [0.29, 0.717) is 11.8 Å². The topological polar surface area (TPSA) is 9.23 Å². The van der Waals surface area contributed by atoms with Crippen LogP contribution in [0.4, 0.5) is 0 Å². The first kappa shape index (κ1) is 14.8. The van der Waals surface area contributed by atoms with Crippen LogP contribution in [0, 0.1) is 0 Å². The number of benzene rings is 1. The van der Waals surface area contributed by atoms with Gasteiger partial charge in [-0.15, -0.1) is 0 Å². The summed E-state index contributed by atoms with van der Waals surface area (Å²) >= 11 is -3.22. The number of para-hydroxylation sites is 1. The predicted octanol–water partition coefficient (Wildman–Crippen LogP) is 5.50. The zero-order chi connectivity index (χ0) is 15.5. The molecule has 23 heavy (non-hydrogen) atoms. The third-order valence-corrected chi connectivity index (χ3v) is 18.7. The molecule has 0 bridgehead atoms. The van der Waals surface area contributed by atoms with Crippen molar-refractivity contribution in [1.82, 2.24) is 0 Å². The van der Waals surface area contributed by atoms with Crippen LogP contribution in [0.25, 0.3) is 0 Å². The third kappa shape index (κ3) is 2.67. The van der Waals surface area contributed by atoms with E-state index in [1.807, 2.05) is 6.07 Å². The number of rotatable bonds is 5. The summed E-state index contributed by atoms with van der Waals surface area (Å²) < 4.78 is 8.29. The molecule has 0 amide bonds. The van der Waals surface area contributed by atoms with E-state index in [9.17, 15) is 0 Å². The van der Waals surface area contributed by atoms with Crippen molar-refractivity contribution in [3.05, 3.63) is 103 Å². The van der Waals surface area contributed by atoms with Gasteiger partial charge in [0.25, 0.3) is 0 Å². The monoisotopic (exact) mass is 408 g/mol. The Morgan fingerprint density at radius 3 is 1.35 bits per heavy atom. The fraction of sp³-hybridized carbons (Fsp3) is 0.143. The SMILES string of the molecule is C1=C[CH]([Sn]([O]c2ccccc2)([CH]2C=CC=C2)[CH]2C=CC=C2)C=C1. The van der Waals surface area contributed by atoms with Crippen LogP contribution in [0.2, 0.25) is 11.8 Å². The summed E-state index contributed by atoms with van der Waals surface area (Å²) in [4.78, 5) is 0. The Bertz CT molecular complexity index is 631. The van der Waals surface area contributed by atoms with E-state index in [0.717, 1.165) is 5.75 Å². The van der Waals surface area contributed by atoms with Crippen LogP contribution in [0.5, 0.6) is 5.75 Å². The Labute approximate surface area is 142 Å². The molecule has 0 saturated carbocycles. The van der Waals surface area contributed by atoms with Crippen LogP contribution in [0.1, 0.15) is 0 Å². The standard InChI is InChI=1S/C6H6O.3C5H5.Sn/c7-6-4-2-1-3-5-6;3*1-2-4-5-3-1;/h1-5,7H;3*1-5H;/q;;;;+1/p-1. The Balaban J connectivity index is 1.82. The summed E-state index contributed by atoms with van der Waals surface area (Å²) in [5.41, 5.74) is 0. The van der Waals surface area contributed by atoms with Crippen molar-refractivity contribution in [2.24, 2.45) is 0 Å². The summed E-state index contributed by atoms with van der Waals surface area (Å²) in [7, 11) is 0. The van der Waals surface area contributed by atoms with Crippen molar-refractivity contribution in [1.29, 1.82) is 0 Å². The van der Waals surface area contributed by atoms with Crippen molar-refractivity contribution in [2.75, 3.05) is 0 Å². The molecule has 0 aliphatic heterocycles. The van der Waals surface area contributed by atoms with E-state index >= 15 is 0 Å². The minimum absolute atomic E-state index is 0.444. The first-order chi connectivity index (χ1) is 11.4. The van der Waals surface area contributed by atoms with Crippen LogP contribution in [-0.4, -0.2) is 18.8 Å². The zero-order valence-electron chi connectivity index (χ0n) is 13.0.